The molecule has 3 atom stereocenters. The third-order valence-corrected chi connectivity index (χ3v) is 5.94. The third-order valence-electron chi connectivity index (χ3n) is 2.69. The lowest BCUT2D eigenvalue weighted by atomic mass is 10.2. The van der Waals surface area contributed by atoms with Gasteiger partial charge in [-0.15, -0.1) is 11.8 Å². The van der Waals surface area contributed by atoms with Crippen molar-refractivity contribution in [2.45, 2.75) is 36.8 Å². The van der Waals surface area contributed by atoms with Crippen molar-refractivity contribution >= 4 is 35.3 Å². The second-order valence-electron chi connectivity index (χ2n) is 3.79. The van der Waals surface area contributed by atoms with Gasteiger partial charge in [-0.2, -0.15) is 11.8 Å². The van der Waals surface area contributed by atoms with E-state index in [2.05, 4.69) is 17.2 Å². The van der Waals surface area contributed by atoms with Crippen molar-refractivity contribution in [1.29, 1.82) is 0 Å². The van der Waals surface area contributed by atoms with Crippen molar-refractivity contribution in [3.63, 3.8) is 0 Å². The van der Waals surface area contributed by atoms with E-state index >= 15 is 0 Å². The lowest BCUT2D eigenvalue weighted by Crippen LogP contribution is -2.40. The van der Waals surface area contributed by atoms with Crippen LogP contribution in [0.25, 0.3) is 0 Å². The van der Waals surface area contributed by atoms with E-state index in [1.807, 2.05) is 30.4 Å². The molecule has 1 N–H and O–H groups in total. The minimum atomic E-state index is -0.190. The second kappa shape index (κ2) is 4.78. The van der Waals surface area contributed by atoms with Crippen LogP contribution in [0.15, 0.2) is 4.99 Å². The summed E-state index contributed by atoms with van der Waals surface area (Å²) in [7, 11) is 0. The molecule has 0 aromatic heterocycles. The average Bonchev–Trinajstić information content (AvgIpc) is 2.59. The fourth-order valence-electron chi connectivity index (χ4n) is 1.83. The van der Waals surface area contributed by atoms with Crippen molar-refractivity contribution < 1.29 is 4.79 Å². The maximum absolute atomic E-state index is 11.4. The van der Waals surface area contributed by atoms with Crippen molar-refractivity contribution in [2.24, 2.45) is 4.99 Å². The first-order valence-electron chi connectivity index (χ1n) is 5.34. The first-order valence-corrected chi connectivity index (χ1v) is 7.44. The summed E-state index contributed by atoms with van der Waals surface area (Å²) < 4.78 is 0. The topological polar surface area (TPSA) is 41.5 Å². The highest BCUT2D eigenvalue weighted by Gasteiger charge is 2.34. The van der Waals surface area contributed by atoms with Crippen LogP contribution in [0.5, 0.6) is 0 Å². The Morgan fingerprint density at radius 3 is 2.80 bits per heavy atom. The molecule has 0 aromatic rings. The zero-order chi connectivity index (χ0) is 10.8. The van der Waals surface area contributed by atoms with Gasteiger partial charge in [-0.05, 0) is 13.3 Å². The first-order chi connectivity index (χ1) is 7.22. The molecule has 2 aliphatic heterocycles. The summed E-state index contributed by atoms with van der Waals surface area (Å²) in [6.45, 7) is 4.06. The Bertz CT molecular complexity index is 293. The van der Waals surface area contributed by atoms with Gasteiger partial charge in [0.15, 0.2) is 0 Å². The van der Waals surface area contributed by atoms with E-state index in [9.17, 15) is 4.79 Å². The van der Waals surface area contributed by atoms with Gasteiger partial charge in [0.25, 0.3) is 0 Å². The molecule has 0 spiro atoms. The summed E-state index contributed by atoms with van der Waals surface area (Å²) in [5, 5.41) is 3.91. The van der Waals surface area contributed by atoms with Gasteiger partial charge in [0.05, 0.1) is 5.25 Å². The van der Waals surface area contributed by atoms with E-state index in [0.29, 0.717) is 10.5 Å². The van der Waals surface area contributed by atoms with Crippen LogP contribution in [0, 0.1) is 0 Å². The molecule has 2 rings (SSSR count). The lowest BCUT2D eigenvalue weighted by Gasteiger charge is -2.29. The lowest BCUT2D eigenvalue weighted by molar-refractivity contribution is -0.119. The summed E-state index contributed by atoms with van der Waals surface area (Å²) >= 11 is 3.94. The molecule has 3 nitrogen and oxygen atoms in total. The Morgan fingerprint density at radius 1 is 1.47 bits per heavy atom. The number of rotatable bonds is 2. The molecule has 15 heavy (non-hydrogen) atoms. The monoisotopic (exact) mass is 244 g/mol. The normalized spacial score (nSPS) is 36.3. The Morgan fingerprint density at radius 2 is 2.20 bits per heavy atom. The molecule has 0 bridgehead atoms. The number of carbonyl (C=O) groups excluding carboxylic acids is 1. The summed E-state index contributed by atoms with van der Waals surface area (Å²) in [6.07, 6.45) is 1.14. The van der Waals surface area contributed by atoms with E-state index < -0.39 is 0 Å². The molecular formula is C10H16N2OS2. The Labute approximate surface area is 98.9 Å². The van der Waals surface area contributed by atoms with Gasteiger partial charge >= 0.3 is 0 Å². The highest BCUT2D eigenvalue weighted by molar-refractivity contribution is 8.07. The molecule has 0 aromatic carbocycles. The predicted molar refractivity (Wildman–Crippen MR) is 67.8 cm³/mol. The number of nitrogens with one attached hydrogen (secondary N) is 1. The van der Waals surface area contributed by atoms with E-state index in [1.165, 1.54) is 5.75 Å². The quantitative estimate of drug-likeness (QED) is 0.801. The van der Waals surface area contributed by atoms with Gasteiger partial charge in [0, 0.05) is 16.8 Å². The van der Waals surface area contributed by atoms with Crippen molar-refractivity contribution in [1.82, 2.24) is 5.32 Å². The summed E-state index contributed by atoms with van der Waals surface area (Å²) in [5.74, 6) is 3.35. The fourth-order valence-corrected chi connectivity index (χ4v) is 4.85. The molecule has 3 unspecified atom stereocenters. The largest absolute Gasteiger partial charge is 0.312 e. The number of hydrogen-bond donors (Lipinski definition) is 1. The van der Waals surface area contributed by atoms with E-state index in [-0.39, 0.29) is 11.9 Å². The SMILES string of the molecule is CCC1SCCSC1C1=NC(C)C(=O)N1. The first kappa shape index (κ1) is 11.3. The number of aliphatic imine (C=N–C) groups is 1. The molecule has 84 valence electrons. The van der Waals surface area contributed by atoms with Crippen LogP contribution < -0.4 is 5.32 Å². The molecule has 2 heterocycles. The van der Waals surface area contributed by atoms with Gasteiger partial charge in [0.2, 0.25) is 5.91 Å². The van der Waals surface area contributed by atoms with Crippen LogP contribution in [0.2, 0.25) is 0 Å². The van der Waals surface area contributed by atoms with Crippen LogP contribution in [0.4, 0.5) is 0 Å². The van der Waals surface area contributed by atoms with Crippen LogP contribution >= 0.6 is 23.5 Å². The standard InChI is InChI=1S/C10H16N2OS2/c1-3-7-8(15-5-4-14-7)9-11-6(2)10(13)12-9/h6-8H,3-5H2,1-2H3,(H,11,12,13). The molecule has 5 heteroatoms. The second-order valence-corrected chi connectivity index (χ2v) is 6.38. The summed E-state index contributed by atoms with van der Waals surface area (Å²) in [6, 6.07) is -0.190. The molecule has 0 saturated carbocycles. The number of carbonyl (C=O) groups is 1. The van der Waals surface area contributed by atoms with E-state index in [0.717, 1.165) is 18.0 Å². The average molecular weight is 244 g/mol. The molecule has 1 amide bonds. The Kier molecular flexibility index (Phi) is 3.61. The molecule has 1 fully saturated rings. The molecule has 0 aliphatic carbocycles. The Hall–Kier alpha value is -0.160. The van der Waals surface area contributed by atoms with Gasteiger partial charge in [0.1, 0.15) is 11.9 Å². The number of hydrogen-bond acceptors (Lipinski definition) is 4. The van der Waals surface area contributed by atoms with Crippen LogP contribution in [0.3, 0.4) is 0 Å². The highest BCUT2D eigenvalue weighted by Crippen LogP contribution is 2.34. The molecular weight excluding hydrogens is 228 g/mol. The number of thioether (sulfide) groups is 2. The van der Waals surface area contributed by atoms with Crippen molar-refractivity contribution in [3.05, 3.63) is 0 Å². The maximum Gasteiger partial charge on any atom is 0.249 e. The fraction of sp³-hybridized carbons (Fsp3) is 0.800. The molecule has 1 saturated heterocycles. The van der Waals surface area contributed by atoms with Gasteiger partial charge in [-0.1, -0.05) is 6.92 Å². The summed E-state index contributed by atoms with van der Waals surface area (Å²) in [4.78, 5) is 15.8. The van der Waals surface area contributed by atoms with Gasteiger partial charge in [-0.3, -0.25) is 9.79 Å². The zero-order valence-electron chi connectivity index (χ0n) is 9.03. The number of amides is 1. The zero-order valence-corrected chi connectivity index (χ0v) is 10.7. The van der Waals surface area contributed by atoms with E-state index in [1.54, 1.807) is 0 Å². The van der Waals surface area contributed by atoms with Gasteiger partial charge in [-0.25, -0.2) is 0 Å². The Balaban J connectivity index is 2.08. The maximum atomic E-state index is 11.4. The minimum Gasteiger partial charge on any atom is -0.312 e. The van der Waals surface area contributed by atoms with Gasteiger partial charge < -0.3 is 5.32 Å². The number of nitrogens with zero attached hydrogens (tertiary/aromatic N) is 1. The van der Waals surface area contributed by atoms with Crippen molar-refractivity contribution in [2.75, 3.05) is 11.5 Å². The molecule has 2 aliphatic rings. The van der Waals surface area contributed by atoms with E-state index in [4.69, 9.17) is 0 Å². The van der Waals surface area contributed by atoms with Crippen LogP contribution in [-0.4, -0.2) is 39.8 Å². The third kappa shape index (κ3) is 2.33. The predicted octanol–water partition coefficient (Wildman–Crippen LogP) is 1.53. The minimum absolute atomic E-state index is 0.0519. The van der Waals surface area contributed by atoms with Crippen molar-refractivity contribution in [3.8, 4) is 0 Å². The number of amidine groups is 1. The summed E-state index contributed by atoms with van der Waals surface area (Å²) in [5.41, 5.74) is 0. The van der Waals surface area contributed by atoms with Crippen LogP contribution in [-0.2, 0) is 4.79 Å². The molecule has 0 radical (unpaired) electrons. The smallest absolute Gasteiger partial charge is 0.249 e. The van der Waals surface area contributed by atoms with Crippen LogP contribution in [0.1, 0.15) is 20.3 Å². The highest BCUT2D eigenvalue weighted by atomic mass is 32.2.